The molecule has 0 aliphatic carbocycles. The fraction of sp³-hybridized carbons (Fsp3) is 0.286. The van der Waals surface area contributed by atoms with Gasteiger partial charge < -0.3 is 10.2 Å². The summed E-state index contributed by atoms with van der Waals surface area (Å²) in [6.07, 6.45) is -3.77. The summed E-state index contributed by atoms with van der Waals surface area (Å²) in [4.78, 5) is 24.1. The van der Waals surface area contributed by atoms with Gasteiger partial charge in [0.25, 0.3) is 0 Å². The minimum atomic E-state index is -4.62. The Morgan fingerprint density at radius 1 is 1.33 bits per heavy atom. The molecule has 0 amide bonds. The lowest BCUT2D eigenvalue weighted by molar-refractivity contribution is -0.140. The van der Waals surface area contributed by atoms with Gasteiger partial charge in [-0.3, -0.25) is 4.90 Å². The van der Waals surface area contributed by atoms with Gasteiger partial charge in [-0.05, 0) is 19.1 Å². The van der Waals surface area contributed by atoms with E-state index in [4.69, 9.17) is 0 Å². The molecule has 2 unspecified atom stereocenters. The lowest BCUT2D eigenvalue weighted by atomic mass is 10.1. The molecule has 0 bridgehead atoms. The second-order valence-electron chi connectivity index (χ2n) is 5.25. The Balaban J connectivity index is 2.20. The van der Waals surface area contributed by atoms with Gasteiger partial charge in [-0.25, -0.2) is 19.7 Å². The first-order chi connectivity index (χ1) is 11.2. The number of nitrogens with zero attached hydrogens (tertiary/aromatic N) is 4. The van der Waals surface area contributed by atoms with E-state index in [2.05, 4.69) is 15.0 Å². The highest BCUT2D eigenvalue weighted by Gasteiger charge is 2.45. The number of aliphatic hydroxyl groups excluding tert-OH is 1. The van der Waals surface area contributed by atoms with Crippen molar-refractivity contribution in [1.82, 2.24) is 15.0 Å². The van der Waals surface area contributed by atoms with Gasteiger partial charge in [-0.1, -0.05) is 0 Å². The fourth-order valence-corrected chi connectivity index (χ4v) is 2.62. The highest BCUT2D eigenvalue weighted by molar-refractivity contribution is 5.86. The van der Waals surface area contributed by atoms with Crippen molar-refractivity contribution in [3.8, 4) is 0 Å². The maximum atomic E-state index is 13.0. The van der Waals surface area contributed by atoms with E-state index in [1.165, 1.54) is 13.1 Å². The van der Waals surface area contributed by atoms with Crippen molar-refractivity contribution in [3.05, 3.63) is 41.5 Å². The van der Waals surface area contributed by atoms with Gasteiger partial charge >= 0.3 is 12.1 Å². The smallest absolute Gasteiger partial charge is 0.416 e. The highest BCUT2D eigenvalue weighted by Crippen LogP contribution is 2.43. The lowest BCUT2D eigenvalue weighted by Gasteiger charge is -2.24. The van der Waals surface area contributed by atoms with Crippen LogP contribution in [0.25, 0.3) is 0 Å². The molecule has 1 aliphatic rings. The first kappa shape index (κ1) is 16.1. The van der Waals surface area contributed by atoms with E-state index in [1.54, 1.807) is 0 Å². The van der Waals surface area contributed by atoms with Crippen LogP contribution in [0.4, 0.5) is 24.8 Å². The Labute approximate surface area is 133 Å². The average molecular weight is 340 g/mol. The number of anilines is 2. The largest absolute Gasteiger partial charge is 0.480 e. The molecule has 2 aromatic rings. The fourth-order valence-electron chi connectivity index (χ4n) is 2.62. The molecule has 0 aromatic carbocycles. The number of pyridine rings is 1. The first-order valence-corrected chi connectivity index (χ1v) is 6.76. The molecule has 3 rings (SSSR count). The lowest BCUT2D eigenvalue weighted by Crippen LogP contribution is -2.38. The van der Waals surface area contributed by atoms with Crippen molar-refractivity contribution in [3.63, 3.8) is 0 Å². The molecule has 10 heteroatoms. The predicted octanol–water partition coefficient (Wildman–Crippen LogP) is 1.84. The molecule has 2 atom stereocenters. The summed E-state index contributed by atoms with van der Waals surface area (Å²) >= 11 is 0. The van der Waals surface area contributed by atoms with Crippen molar-refractivity contribution in [2.45, 2.75) is 25.2 Å². The summed E-state index contributed by atoms with van der Waals surface area (Å²) in [7, 11) is 0. The molecule has 7 nitrogen and oxygen atoms in total. The summed E-state index contributed by atoms with van der Waals surface area (Å²) in [5.41, 5.74) is -0.797. The average Bonchev–Trinajstić information content (AvgIpc) is 2.79. The van der Waals surface area contributed by atoms with E-state index >= 15 is 0 Å². The summed E-state index contributed by atoms with van der Waals surface area (Å²) in [6, 6.07) is 0.0339. The molecule has 0 radical (unpaired) electrons. The number of carboxylic acids is 1. The quantitative estimate of drug-likeness (QED) is 0.860. The number of halogens is 3. The van der Waals surface area contributed by atoms with Gasteiger partial charge in [-0.2, -0.15) is 13.2 Å². The molecule has 2 N–H and O–H groups in total. The molecular weight excluding hydrogens is 329 g/mol. The van der Waals surface area contributed by atoms with Gasteiger partial charge in [-0.15, -0.1) is 0 Å². The third-order valence-corrected chi connectivity index (χ3v) is 3.61. The van der Waals surface area contributed by atoms with Gasteiger partial charge in [0.15, 0.2) is 6.04 Å². The SMILES string of the molecule is Cc1cc(C(F)(F)F)cc(N2c3ncncc3C(O)C2C(=O)O)n1. The monoisotopic (exact) mass is 340 g/mol. The maximum absolute atomic E-state index is 13.0. The molecule has 3 heterocycles. The number of aromatic nitrogens is 3. The van der Waals surface area contributed by atoms with E-state index in [0.29, 0.717) is 0 Å². The first-order valence-electron chi connectivity index (χ1n) is 6.76. The third-order valence-electron chi connectivity index (χ3n) is 3.61. The van der Waals surface area contributed by atoms with Crippen LogP contribution in [0.2, 0.25) is 0 Å². The molecule has 0 fully saturated rings. The van der Waals surface area contributed by atoms with Crippen molar-refractivity contribution in [2.24, 2.45) is 0 Å². The zero-order valence-corrected chi connectivity index (χ0v) is 12.2. The van der Waals surface area contributed by atoms with E-state index in [0.717, 1.165) is 23.4 Å². The van der Waals surface area contributed by atoms with Crippen molar-refractivity contribution >= 4 is 17.6 Å². The van der Waals surface area contributed by atoms with Gasteiger partial charge in [0.2, 0.25) is 0 Å². The topological polar surface area (TPSA) is 99.4 Å². The van der Waals surface area contributed by atoms with Gasteiger partial charge in [0, 0.05) is 17.5 Å². The molecule has 2 aromatic heterocycles. The van der Waals surface area contributed by atoms with Crippen molar-refractivity contribution in [1.29, 1.82) is 0 Å². The molecule has 0 saturated carbocycles. The number of carboxylic acid groups (broad SMARTS) is 1. The molecule has 0 saturated heterocycles. The minimum absolute atomic E-state index is 0.0103. The number of rotatable bonds is 2. The number of alkyl halides is 3. The Hall–Kier alpha value is -2.75. The van der Waals surface area contributed by atoms with Crippen LogP contribution < -0.4 is 4.90 Å². The highest BCUT2D eigenvalue weighted by atomic mass is 19.4. The predicted molar refractivity (Wildman–Crippen MR) is 74.5 cm³/mol. The van der Waals surface area contributed by atoms with Crippen LogP contribution in [0.3, 0.4) is 0 Å². The Bertz CT molecular complexity index is 812. The van der Waals surface area contributed by atoms with Gasteiger partial charge in [0.05, 0.1) is 5.56 Å². The summed E-state index contributed by atoms with van der Waals surface area (Å²) in [5.74, 6) is -1.67. The Morgan fingerprint density at radius 2 is 2.04 bits per heavy atom. The van der Waals surface area contributed by atoms with Crippen molar-refractivity contribution < 1.29 is 28.2 Å². The van der Waals surface area contributed by atoms with Crippen LogP contribution in [0, 0.1) is 6.92 Å². The van der Waals surface area contributed by atoms with Crippen LogP contribution in [0.5, 0.6) is 0 Å². The second kappa shape index (κ2) is 5.41. The van der Waals surface area contributed by atoms with Crippen molar-refractivity contribution in [2.75, 3.05) is 4.90 Å². The standard InChI is InChI=1S/C14H11F3N4O3/c1-6-2-7(14(15,16)17)3-9(20-6)21-10(13(23)24)11(22)8-4-18-5-19-12(8)21/h2-5,10-11,22H,1H3,(H,23,24). The number of aliphatic hydroxyl groups is 1. The molecule has 0 spiro atoms. The zero-order valence-electron chi connectivity index (χ0n) is 12.2. The van der Waals surface area contributed by atoms with E-state index in [-0.39, 0.29) is 22.9 Å². The number of aliphatic carboxylic acids is 1. The Morgan fingerprint density at radius 3 is 2.67 bits per heavy atom. The van der Waals surface area contributed by atoms with Crippen LogP contribution >= 0.6 is 0 Å². The second-order valence-corrected chi connectivity index (χ2v) is 5.25. The number of hydrogen-bond acceptors (Lipinski definition) is 6. The number of aryl methyl sites for hydroxylation is 1. The van der Waals surface area contributed by atoms with Crippen LogP contribution in [0.1, 0.15) is 22.9 Å². The minimum Gasteiger partial charge on any atom is -0.480 e. The summed E-state index contributed by atoms with van der Waals surface area (Å²) in [6.45, 7) is 1.36. The van der Waals surface area contributed by atoms with E-state index < -0.39 is 29.9 Å². The number of fused-ring (bicyclic) bond motifs is 1. The molecule has 126 valence electrons. The summed E-state index contributed by atoms with van der Waals surface area (Å²) in [5, 5.41) is 19.6. The van der Waals surface area contributed by atoms with Gasteiger partial charge in [0.1, 0.15) is 24.1 Å². The number of carbonyl (C=O) groups is 1. The molecule has 24 heavy (non-hydrogen) atoms. The molecule has 1 aliphatic heterocycles. The summed E-state index contributed by atoms with van der Waals surface area (Å²) < 4.78 is 39.1. The normalized spacial score (nSPS) is 20.1. The molecular formula is C14H11F3N4O3. The van der Waals surface area contributed by atoms with Crippen LogP contribution in [-0.4, -0.2) is 37.2 Å². The van der Waals surface area contributed by atoms with Crippen LogP contribution in [-0.2, 0) is 11.0 Å². The van der Waals surface area contributed by atoms with Crippen LogP contribution in [0.15, 0.2) is 24.7 Å². The zero-order chi connectivity index (χ0) is 17.6. The van der Waals surface area contributed by atoms with E-state index in [1.807, 2.05) is 0 Å². The number of hydrogen-bond donors (Lipinski definition) is 2. The van der Waals surface area contributed by atoms with E-state index in [9.17, 15) is 28.2 Å². The Kier molecular flexibility index (Phi) is 3.63. The third kappa shape index (κ3) is 2.54. The maximum Gasteiger partial charge on any atom is 0.416 e.